The molecule has 34 heavy (non-hydrogen) atoms. The van der Waals surface area contributed by atoms with Crippen LogP contribution in [-0.4, -0.2) is 65.3 Å². The second kappa shape index (κ2) is 10.0. The molecule has 0 atom stereocenters. The summed E-state index contributed by atoms with van der Waals surface area (Å²) < 4.78 is 33.7. The SMILES string of the molecule is CCOc1cc2c(cc1OCCN1CCOCC1)nc(Nc1c(F)cccc1Cl)c1cncn12. The molecular formula is C24H25ClFN5O3. The van der Waals surface area contributed by atoms with Gasteiger partial charge < -0.3 is 19.5 Å². The molecule has 8 nitrogen and oxygen atoms in total. The van der Waals surface area contributed by atoms with Crippen LogP contribution in [-0.2, 0) is 4.74 Å². The highest BCUT2D eigenvalue weighted by molar-refractivity contribution is 6.33. The Morgan fingerprint density at radius 3 is 2.76 bits per heavy atom. The van der Waals surface area contributed by atoms with E-state index in [4.69, 9.17) is 30.8 Å². The Morgan fingerprint density at radius 1 is 1.15 bits per heavy atom. The van der Waals surface area contributed by atoms with Gasteiger partial charge in [0, 0.05) is 31.8 Å². The molecule has 0 amide bonds. The number of ether oxygens (including phenoxy) is 3. The van der Waals surface area contributed by atoms with Crippen LogP contribution in [0, 0.1) is 5.82 Å². The summed E-state index contributed by atoms with van der Waals surface area (Å²) in [5, 5.41) is 3.30. The molecule has 2 aromatic heterocycles. The van der Waals surface area contributed by atoms with Crippen molar-refractivity contribution >= 4 is 39.7 Å². The smallest absolute Gasteiger partial charge is 0.163 e. The molecule has 1 aliphatic rings. The van der Waals surface area contributed by atoms with E-state index >= 15 is 0 Å². The van der Waals surface area contributed by atoms with Crippen LogP contribution < -0.4 is 14.8 Å². The average molecular weight is 486 g/mol. The minimum Gasteiger partial charge on any atom is -0.490 e. The van der Waals surface area contributed by atoms with Gasteiger partial charge in [-0.15, -0.1) is 0 Å². The summed E-state index contributed by atoms with van der Waals surface area (Å²) >= 11 is 6.22. The first-order chi connectivity index (χ1) is 16.6. The molecule has 1 fully saturated rings. The molecule has 5 rings (SSSR count). The average Bonchev–Trinajstić information content (AvgIpc) is 3.33. The fourth-order valence-corrected chi connectivity index (χ4v) is 4.19. The number of nitrogens with one attached hydrogen (secondary N) is 1. The number of anilines is 2. The Hall–Kier alpha value is -3.14. The number of halogens is 2. The van der Waals surface area contributed by atoms with Crippen molar-refractivity contribution in [1.29, 1.82) is 0 Å². The summed E-state index contributed by atoms with van der Waals surface area (Å²) in [5.74, 6) is 1.20. The lowest BCUT2D eigenvalue weighted by molar-refractivity contribution is 0.0321. The number of aromatic nitrogens is 3. The topological polar surface area (TPSA) is 73.2 Å². The predicted octanol–water partition coefficient (Wildman–Crippen LogP) is 4.53. The number of rotatable bonds is 8. The van der Waals surface area contributed by atoms with Crippen molar-refractivity contribution in [3.05, 3.63) is 53.7 Å². The van der Waals surface area contributed by atoms with Crippen LogP contribution >= 0.6 is 11.6 Å². The number of hydrogen-bond acceptors (Lipinski definition) is 7. The van der Waals surface area contributed by atoms with Crippen LogP contribution in [0.2, 0.25) is 5.02 Å². The highest BCUT2D eigenvalue weighted by Gasteiger charge is 2.17. The maximum atomic E-state index is 14.4. The molecule has 0 spiro atoms. The van der Waals surface area contributed by atoms with E-state index in [1.54, 1.807) is 24.7 Å². The van der Waals surface area contributed by atoms with Gasteiger partial charge in [0.1, 0.15) is 17.9 Å². The number of hydrogen-bond donors (Lipinski definition) is 1. The molecule has 10 heteroatoms. The van der Waals surface area contributed by atoms with Crippen molar-refractivity contribution in [2.75, 3.05) is 51.4 Å². The lowest BCUT2D eigenvalue weighted by Crippen LogP contribution is -2.38. The van der Waals surface area contributed by atoms with Crippen molar-refractivity contribution in [3.8, 4) is 11.5 Å². The Bertz CT molecular complexity index is 1290. The Kier molecular flexibility index (Phi) is 6.66. The van der Waals surface area contributed by atoms with Crippen LogP contribution in [0.15, 0.2) is 42.9 Å². The summed E-state index contributed by atoms with van der Waals surface area (Å²) in [4.78, 5) is 11.3. The number of morpholine rings is 1. The molecule has 0 aliphatic carbocycles. The molecule has 4 aromatic rings. The first kappa shape index (κ1) is 22.6. The van der Waals surface area contributed by atoms with Crippen LogP contribution in [0.25, 0.3) is 16.6 Å². The molecule has 1 N–H and O–H groups in total. The van der Waals surface area contributed by atoms with Crippen molar-refractivity contribution in [3.63, 3.8) is 0 Å². The fourth-order valence-electron chi connectivity index (χ4n) is 3.98. The second-order valence-corrected chi connectivity index (χ2v) is 8.26. The Morgan fingerprint density at radius 2 is 1.97 bits per heavy atom. The van der Waals surface area contributed by atoms with Crippen LogP contribution in [0.5, 0.6) is 11.5 Å². The van der Waals surface area contributed by atoms with Gasteiger partial charge in [-0.2, -0.15) is 0 Å². The van der Waals surface area contributed by atoms with Crippen molar-refractivity contribution < 1.29 is 18.6 Å². The molecular weight excluding hydrogens is 461 g/mol. The van der Waals surface area contributed by atoms with E-state index in [0.29, 0.717) is 41.6 Å². The van der Waals surface area contributed by atoms with Gasteiger partial charge in [-0.3, -0.25) is 9.30 Å². The zero-order chi connectivity index (χ0) is 23.5. The third kappa shape index (κ3) is 4.59. The largest absolute Gasteiger partial charge is 0.490 e. The van der Waals surface area contributed by atoms with E-state index in [9.17, 15) is 4.39 Å². The zero-order valence-corrected chi connectivity index (χ0v) is 19.5. The van der Waals surface area contributed by atoms with Gasteiger partial charge >= 0.3 is 0 Å². The normalized spacial score (nSPS) is 14.6. The Balaban J connectivity index is 1.50. The van der Waals surface area contributed by atoms with Gasteiger partial charge in [-0.25, -0.2) is 14.4 Å². The lowest BCUT2D eigenvalue weighted by atomic mass is 10.2. The summed E-state index contributed by atoms with van der Waals surface area (Å²) in [6, 6.07) is 8.26. The van der Waals surface area contributed by atoms with Crippen molar-refractivity contribution in [2.45, 2.75) is 6.92 Å². The maximum absolute atomic E-state index is 14.4. The summed E-state index contributed by atoms with van der Waals surface area (Å²) in [6.45, 7) is 7.00. The molecule has 3 heterocycles. The van der Waals surface area contributed by atoms with Gasteiger partial charge in [-0.1, -0.05) is 17.7 Å². The monoisotopic (exact) mass is 485 g/mol. The number of fused-ring (bicyclic) bond motifs is 3. The van der Waals surface area contributed by atoms with Gasteiger partial charge in [-0.05, 0) is 19.1 Å². The molecule has 2 aromatic carbocycles. The van der Waals surface area contributed by atoms with Crippen LogP contribution in [0.3, 0.4) is 0 Å². The summed E-state index contributed by atoms with van der Waals surface area (Å²) in [6.07, 6.45) is 3.35. The van der Waals surface area contributed by atoms with E-state index in [1.807, 2.05) is 23.5 Å². The highest BCUT2D eigenvalue weighted by atomic mass is 35.5. The number of imidazole rings is 1. The zero-order valence-electron chi connectivity index (χ0n) is 18.8. The van der Waals surface area contributed by atoms with Gasteiger partial charge in [0.05, 0.1) is 54.1 Å². The van der Waals surface area contributed by atoms with Crippen molar-refractivity contribution in [2.24, 2.45) is 0 Å². The third-order valence-electron chi connectivity index (χ3n) is 5.69. The highest BCUT2D eigenvalue weighted by Crippen LogP contribution is 2.35. The minimum atomic E-state index is -0.467. The lowest BCUT2D eigenvalue weighted by Gasteiger charge is -2.26. The molecule has 0 bridgehead atoms. The third-order valence-corrected chi connectivity index (χ3v) is 6.00. The quantitative estimate of drug-likeness (QED) is 0.393. The molecule has 178 valence electrons. The van der Waals surface area contributed by atoms with E-state index in [0.717, 1.165) is 38.4 Å². The fraction of sp³-hybridized carbons (Fsp3) is 0.333. The van der Waals surface area contributed by atoms with Crippen LogP contribution in [0.4, 0.5) is 15.9 Å². The molecule has 1 aliphatic heterocycles. The Labute approximate surface area is 201 Å². The summed E-state index contributed by atoms with van der Waals surface area (Å²) in [7, 11) is 0. The van der Waals surface area contributed by atoms with E-state index in [1.165, 1.54) is 6.07 Å². The predicted molar refractivity (Wildman–Crippen MR) is 129 cm³/mol. The molecule has 0 radical (unpaired) electrons. The molecule has 0 unspecified atom stereocenters. The van der Waals surface area contributed by atoms with Crippen molar-refractivity contribution in [1.82, 2.24) is 19.3 Å². The first-order valence-electron chi connectivity index (χ1n) is 11.2. The van der Waals surface area contributed by atoms with Gasteiger partial charge in [0.15, 0.2) is 17.3 Å². The van der Waals surface area contributed by atoms with E-state index < -0.39 is 5.82 Å². The number of para-hydroxylation sites is 1. The van der Waals surface area contributed by atoms with E-state index in [2.05, 4.69) is 15.2 Å². The van der Waals surface area contributed by atoms with Gasteiger partial charge in [0.2, 0.25) is 0 Å². The summed E-state index contributed by atoms with van der Waals surface area (Å²) in [5.41, 5.74) is 2.27. The van der Waals surface area contributed by atoms with E-state index in [-0.39, 0.29) is 10.7 Å². The molecule has 1 saturated heterocycles. The second-order valence-electron chi connectivity index (χ2n) is 7.85. The first-order valence-corrected chi connectivity index (χ1v) is 11.6. The molecule has 0 saturated carbocycles. The standard InChI is InChI=1S/C24H25ClFN5O3/c1-2-33-22-13-19-18(12-21(22)34-11-8-30-6-9-32-10-7-30)28-24(20-14-27-15-31(19)20)29-23-16(25)4-3-5-17(23)26/h3-5,12-15H,2,6-11H2,1H3,(H,28,29). The number of nitrogens with zero attached hydrogens (tertiary/aromatic N) is 4. The minimum absolute atomic E-state index is 0.159. The number of benzene rings is 2. The van der Waals surface area contributed by atoms with Crippen LogP contribution in [0.1, 0.15) is 6.92 Å². The van der Waals surface area contributed by atoms with Gasteiger partial charge in [0.25, 0.3) is 0 Å². The maximum Gasteiger partial charge on any atom is 0.163 e.